The molecule has 9 heavy (non-hydrogen) atoms. The van der Waals surface area contributed by atoms with Crippen LogP contribution in [0.15, 0.2) is 0 Å². The van der Waals surface area contributed by atoms with Gasteiger partial charge in [0.15, 0.2) is 0 Å². The normalized spacial score (nSPS) is 7.22. The Morgan fingerprint density at radius 2 is 2.22 bits per heavy atom. The summed E-state index contributed by atoms with van der Waals surface area (Å²) < 4.78 is 4.38. The quantitative estimate of drug-likeness (QED) is 0.338. The van der Waals surface area contributed by atoms with E-state index in [0.717, 1.165) is 0 Å². The summed E-state index contributed by atoms with van der Waals surface area (Å²) >= 11 is 0. The maximum Gasteiger partial charge on any atom is 2.00 e. The predicted octanol–water partition coefficient (Wildman–Crippen LogP) is 0.0468. The number of carbonyl (C=O) groups excluding carboxylic acids is 2. The molecule has 0 rings (SSSR count). The number of rotatable bonds is 3. The van der Waals surface area contributed by atoms with Gasteiger partial charge in [0.1, 0.15) is 0 Å². The van der Waals surface area contributed by atoms with Gasteiger partial charge in [-0.3, -0.25) is 11.1 Å². The smallest absolute Gasteiger partial charge is 0.541 e. The van der Waals surface area contributed by atoms with Gasteiger partial charge in [-0.25, -0.2) is 0 Å². The topological polar surface area (TPSA) is 43.4 Å². The Labute approximate surface area is 65.6 Å². The van der Waals surface area contributed by atoms with E-state index in [-0.39, 0.29) is 25.0 Å². The molecular formula is C5H7O3V+. The Hall–Kier alpha value is -0.276. The number of hydrogen-bond donors (Lipinski definition) is 0. The Morgan fingerprint density at radius 1 is 1.67 bits per heavy atom. The zero-order valence-corrected chi connectivity index (χ0v) is 6.48. The van der Waals surface area contributed by atoms with Crippen LogP contribution in [-0.4, -0.2) is 18.9 Å². The molecule has 0 aromatic heterocycles. The van der Waals surface area contributed by atoms with Gasteiger partial charge in [-0.1, -0.05) is 6.42 Å². The van der Waals surface area contributed by atoms with Gasteiger partial charge in [0.2, 0.25) is 0 Å². The van der Waals surface area contributed by atoms with Crippen LogP contribution in [0.25, 0.3) is 0 Å². The zero-order valence-electron chi connectivity index (χ0n) is 5.09. The molecule has 0 saturated carbocycles. The summed E-state index contributed by atoms with van der Waals surface area (Å²) in [5.74, 6) is -0.512. The standard InChI is InChI=1S/C5H7O3.V/c1-2-8-5(7)3-4-6;/h2-3H2,1H3;/q-1;+2. The fraction of sp³-hybridized carbons (Fsp3) is 0.600. The van der Waals surface area contributed by atoms with Crippen molar-refractivity contribution in [2.24, 2.45) is 0 Å². The zero-order chi connectivity index (χ0) is 6.41. The molecule has 0 aliphatic heterocycles. The van der Waals surface area contributed by atoms with E-state index in [1.807, 2.05) is 0 Å². The average Bonchev–Trinajstić information content (AvgIpc) is 1.68. The van der Waals surface area contributed by atoms with E-state index in [4.69, 9.17) is 0 Å². The summed E-state index contributed by atoms with van der Waals surface area (Å²) in [6.07, 6.45) is 1.17. The molecule has 3 nitrogen and oxygen atoms in total. The second kappa shape index (κ2) is 7.72. The maximum absolute atomic E-state index is 10.2. The molecule has 1 radical (unpaired) electrons. The first-order valence-electron chi connectivity index (χ1n) is 2.32. The summed E-state index contributed by atoms with van der Waals surface area (Å²) in [6.45, 7) is 2.00. The van der Waals surface area contributed by atoms with Gasteiger partial charge in [0, 0.05) is 0 Å². The van der Waals surface area contributed by atoms with Crippen LogP contribution in [0.5, 0.6) is 0 Å². The van der Waals surface area contributed by atoms with Crippen molar-refractivity contribution in [3.8, 4) is 0 Å². The Kier molecular flexibility index (Phi) is 9.88. The van der Waals surface area contributed by atoms with Crippen LogP contribution in [0.3, 0.4) is 0 Å². The number of esters is 1. The molecule has 0 aliphatic carbocycles. The average molecular weight is 166 g/mol. The Bertz CT molecular complexity index is 92.2. The summed E-state index contributed by atoms with van der Waals surface area (Å²) in [5, 5.41) is 0. The third-order valence-corrected chi connectivity index (χ3v) is 0.522. The molecule has 0 bridgehead atoms. The minimum atomic E-state index is -0.512. The van der Waals surface area contributed by atoms with Gasteiger partial charge in [-0.2, -0.15) is 0 Å². The minimum Gasteiger partial charge on any atom is -0.541 e. The summed E-state index contributed by atoms with van der Waals surface area (Å²) in [4.78, 5) is 19.6. The molecule has 49 valence electrons. The predicted molar refractivity (Wildman–Crippen MR) is 26.9 cm³/mol. The number of ether oxygens (including phenoxy) is 1. The molecule has 0 fully saturated rings. The van der Waals surface area contributed by atoms with Gasteiger partial charge in [-0.05, 0) is 6.92 Å². The van der Waals surface area contributed by atoms with Crippen LogP contribution >= 0.6 is 0 Å². The Balaban J connectivity index is 0. The summed E-state index contributed by atoms with van der Waals surface area (Å²) in [7, 11) is 0. The van der Waals surface area contributed by atoms with Gasteiger partial charge in [0.25, 0.3) is 5.97 Å². The molecular weight excluding hydrogens is 159 g/mol. The first kappa shape index (κ1) is 11.5. The molecule has 0 N–H and O–H groups in total. The monoisotopic (exact) mass is 166 g/mol. The summed E-state index contributed by atoms with van der Waals surface area (Å²) in [6, 6.07) is 0. The van der Waals surface area contributed by atoms with E-state index in [1.54, 1.807) is 6.92 Å². The summed E-state index contributed by atoms with van der Waals surface area (Å²) in [5.41, 5.74) is 0. The molecule has 0 amide bonds. The van der Waals surface area contributed by atoms with E-state index in [1.165, 1.54) is 6.29 Å². The van der Waals surface area contributed by atoms with E-state index in [2.05, 4.69) is 4.74 Å². The second-order valence-corrected chi connectivity index (χ2v) is 1.13. The van der Waals surface area contributed by atoms with Crippen LogP contribution in [0, 0.1) is 0 Å². The van der Waals surface area contributed by atoms with Crippen molar-refractivity contribution < 1.29 is 32.9 Å². The first-order valence-corrected chi connectivity index (χ1v) is 2.32. The first-order chi connectivity index (χ1) is 3.81. The van der Waals surface area contributed by atoms with Gasteiger partial charge >= 0.3 is 18.6 Å². The van der Waals surface area contributed by atoms with Crippen molar-refractivity contribution in [2.75, 3.05) is 6.61 Å². The molecule has 0 unspecified atom stereocenters. The number of hydrogen-bond acceptors (Lipinski definition) is 3. The largest absolute Gasteiger partial charge is 2.00 e. The van der Waals surface area contributed by atoms with Crippen LogP contribution in [-0.2, 0) is 32.9 Å². The van der Waals surface area contributed by atoms with Crippen molar-refractivity contribution in [2.45, 2.75) is 13.3 Å². The number of carbonyl (C=O) groups is 1. The van der Waals surface area contributed by atoms with E-state index >= 15 is 0 Å². The van der Waals surface area contributed by atoms with E-state index in [9.17, 15) is 9.59 Å². The maximum atomic E-state index is 10.2. The SMILES string of the molecule is CCOC(=O)C[C-]=O.[V+2]. The third kappa shape index (κ3) is 7.72. The van der Waals surface area contributed by atoms with Crippen LogP contribution < -0.4 is 0 Å². The molecule has 0 heterocycles. The molecule has 0 atom stereocenters. The Morgan fingerprint density at radius 3 is 2.56 bits per heavy atom. The fourth-order valence-electron chi connectivity index (χ4n) is 0.271. The van der Waals surface area contributed by atoms with Crippen LogP contribution in [0.2, 0.25) is 0 Å². The van der Waals surface area contributed by atoms with Crippen LogP contribution in [0.4, 0.5) is 0 Å². The third-order valence-electron chi connectivity index (χ3n) is 0.522. The fourth-order valence-corrected chi connectivity index (χ4v) is 0.271. The minimum absolute atomic E-state index is 0. The van der Waals surface area contributed by atoms with Crippen molar-refractivity contribution in [3.05, 3.63) is 0 Å². The molecule has 0 aromatic rings. The van der Waals surface area contributed by atoms with Gasteiger partial charge in [0.05, 0.1) is 6.61 Å². The molecule has 0 saturated heterocycles. The van der Waals surface area contributed by atoms with Crippen LogP contribution in [0.1, 0.15) is 13.3 Å². The molecule has 0 aromatic carbocycles. The molecule has 0 aliphatic rings. The van der Waals surface area contributed by atoms with Crippen molar-refractivity contribution >= 4 is 12.3 Å². The van der Waals surface area contributed by atoms with Gasteiger partial charge < -0.3 is 9.53 Å². The van der Waals surface area contributed by atoms with Crippen molar-refractivity contribution in [1.82, 2.24) is 0 Å². The van der Waals surface area contributed by atoms with Crippen molar-refractivity contribution in [1.29, 1.82) is 0 Å². The van der Waals surface area contributed by atoms with E-state index in [0.29, 0.717) is 6.61 Å². The molecule has 0 spiro atoms. The van der Waals surface area contributed by atoms with Gasteiger partial charge in [-0.15, -0.1) is 0 Å². The molecule has 4 heteroatoms. The van der Waals surface area contributed by atoms with E-state index < -0.39 is 5.97 Å². The second-order valence-electron chi connectivity index (χ2n) is 1.13. The van der Waals surface area contributed by atoms with Crippen molar-refractivity contribution in [3.63, 3.8) is 0 Å².